The van der Waals surface area contributed by atoms with Crippen LogP contribution in [0.1, 0.15) is 39.7 Å². The third-order valence-corrected chi connectivity index (χ3v) is 7.72. The van der Waals surface area contributed by atoms with Crippen LogP contribution in [0.5, 0.6) is 17.2 Å². The second-order valence-electron chi connectivity index (χ2n) is 9.28. The molecule has 0 unspecified atom stereocenters. The molecule has 1 N–H and O–H groups in total. The summed E-state index contributed by atoms with van der Waals surface area (Å²) in [4.78, 5) is 16.6. The van der Waals surface area contributed by atoms with E-state index < -0.39 is 0 Å². The minimum absolute atomic E-state index is 0.0646. The number of carbonyl (C=O) groups excluding carboxylic acids is 1. The van der Waals surface area contributed by atoms with Gasteiger partial charge in [-0.15, -0.1) is 11.3 Å². The van der Waals surface area contributed by atoms with Gasteiger partial charge in [0.2, 0.25) is 5.78 Å². The van der Waals surface area contributed by atoms with E-state index in [4.69, 9.17) is 4.74 Å². The lowest BCUT2D eigenvalue weighted by Crippen LogP contribution is -2.22. The predicted octanol–water partition coefficient (Wildman–Crippen LogP) is 6.82. The van der Waals surface area contributed by atoms with Crippen LogP contribution in [0.15, 0.2) is 66.7 Å². The molecule has 34 heavy (non-hydrogen) atoms. The first kappa shape index (κ1) is 22.6. The Hall–Kier alpha value is -3.15. The number of ether oxygens (including phenoxy) is 1. The van der Waals surface area contributed by atoms with E-state index in [1.54, 1.807) is 12.1 Å². The average molecular weight is 472 g/mol. The predicted molar refractivity (Wildman–Crippen MR) is 139 cm³/mol. The summed E-state index contributed by atoms with van der Waals surface area (Å²) in [6, 6.07) is 20.9. The van der Waals surface area contributed by atoms with E-state index in [0.29, 0.717) is 21.9 Å². The van der Waals surface area contributed by atoms with Crippen LogP contribution in [0.25, 0.3) is 10.1 Å². The Labute approximate surface area is 204 Å². The molecule has 4 aromatic rings. The van der Waals surface area contributed by atoms with Crippen LogP contribution in [-0.4, -0.2) is 35.4 Å². The highest BCUT2D eigenvalue weighted by molar-refractivity contribution is 7.21. The maximum atomic E-state index is 13.5. The van der Waals surface area contributed by atoms with Crippen molar-refractivity contribution in [1.29, 1.82) is 0 Å². The van der Waals surface area contributed by atoms with Gasteiger partial charge in [-0.25, -0.2) is 0 Å². The van der Waals surface area contributed by atoms with Gasteiger partial charge in [-0.1, -0.05) is 43.3 Å². The van der Waals surface area contributed by atoms with Gasteiger partial charge >= 0.3 is 0 Å². The molecule has 4 nitrogen and oxygen atoms in total. The molecule has 1 aliphatic heterocycles. The number of fused-ring (bicyclic) bond motifs is 1. The number of thiophene rings is 1. The van der Waals surface area contributed by atoms with Gasteiger partial charge in [-0.2, -0.15) is 0 Å². The highest BCUT2D eigenvalue weighted by atomic mass is 32.1. The number of phenols is 1. The van der Waals surface area contributed by atoms with E-state index in [1.165, 1.54) is 36.4 Å². The number of rotatable bonds is 7. The topological polar surface area (TPSA) is 49.8 Å². The van der Waals surface area contributed by atoms with Crippen molar-refractivity contribution < 1.29 is 14.6 Å². The second kappa shape index (κ2) is 9.61. The molecule has 0 amide bonds. The molecule has 0 bridgehead atoms. The Bertz CT molecular complexity index is 1330. The van der Waals surface area contributed by atoms with Crippen LogP contribution < -0.4 is 4.74 Å². The SMILES string of the molecule is Cc1ccccc1C(=O)c1sc2cc(O)ccc2c1Oc1ccc(CCN2CC[C@H](C)C2)cc1. The van der Waals surface area contributed by atoms with Crippen LogP contribution in [0.2, 0.25) is 0 Å². The van der Waals surface area contributed by atoms with Crippen LogP contribution in [-0.2, 0) is 6.42 Å². The molecule has 5 heteroatoms. The third kappa shape index (κ3) is 4.72. The number of phenolic OH excluding ortho intramolecular Hbond substituents is 1. The molecule has 1 atom stereocenters. The van der Waals surface area contributed by atoms with E-state index in [1.807, 2.05) is 49.4 Å². The van der Waals surface area contributed by atoms with Crippen molar-refractivity contribution in [2.45, 2.75) is 26.7 Å². The summed E-state index contributed by atoms with van der Waals surface area (Å²) < 4.78 is 7.15. The third-order valence-electron chi connectivity index (χ3n) is 6.59. The minimum atomic E-state index is -0.0646. The molecule has 1 fully saturated rings. The van der Waals surface area contributed by atoms with Gasteiger partial charge < -0.3 is 14.7 Å². The quantitative estimate of drug-likeness (QED) is 0.300. The fourth-order valence-corrected chi connectivity index (χ4v) is 5.74. The molecule has 1 aromatic heterocycles. The number of hydrogen-bond donors (Lipinski definition) is 1. The normalized spacial score (nSPS) is 16.2. The number of nitrogens with zero attached hydrogens (tertiary/aromatic N) is 1. The van der Waals surface area contributed by atoms with Crippen molar-refractivity contribution in [3.63, 3.8) is 0 Å². The van der Waals surface area contributed by atoms with Crippen molar-refractivity contribution in [2.75, 3.05) is 19.6 Å². The number of aromatic hydroxyl groups is 1. The minimum Gasteiger partial charge on any atom is -0.508 e. The summed E-state index contributed by atoms with van der Waals surface area (Å²) in [5.74, 6) is 2.16. The highest BCUT2D eigenvalue weighted by Gasteiger charge is 2.23. The van der Waals surface area contributed by atoms with Crippen LogP contribution >= 0.6 is 11.3 Å². The zero-order valence-electron chi connectivity index (χ0n) is 19.6. The van der Waals surface area contributed by atoms with Crippen LogP contribution in [0.3, 0.4) is 0 Å². The van der Waals surface area contributed by atoms with Gasteiger partial charge in [0.15, 0.2) is 5.75 Å². The fourth-order valence-electron chi connectivity index (χ4n) is 4.62. The van der Waals surface area contributed by atoms with Gasteiger partial charge in [0.1, 0.15) is 16.4 Å². The Balaban J connectivity index is 1.41. The van der Waals surface area contributed by atoms with Crippen LogP contribution in [0, 0.1) is 12.8 Å². The Morgan fingerprint density at radius 3 is 2.65 bits per heavy atom. The summed E-state index contributed by atoms with van der Waals surface area (Å²) in [5, 5.41) is 10.8. The van der Waals surface area contributed by atoms with Gasteiger partial charge in [0.05, 0.1) is 0 Å². The smallest absolute Gasteiger partial charge is 0.207 e. The summed E-state index contributed by atoms with van der Waals surface area (Å²) in [5.41, 5.74) is 2.87. The molecule has 1 aliphatic rings. The number of carbonyl (C=O) groups is 1. The van der Waals surface area contributed by atoms with E-state index >= 15 is 0 Å². The zero-order valence-corrected chi connectivity index (χ0v) is 20.4. The Kier molecular flexibility index (Phi) is 6.40. The largest absolute Gasteiger partial charge is 0.508 e. The molecule has 5 rings (SSSR count). The standard InChI is InChI=1S/C29H29NO3S/c1-19-13-15-30(18-19)16-14-21-7-10-23(11-8-21)33-28-25-12-9-22(31)17-26(25)34-29(28)27(32)24-6-4-3-5-20(24)2/h3-12,17,19,31H,13-16,18H2,1-2H3/t19-/m0/s1. The van der Waals surface area contributed by atoms with Crippen molar-refractivity contribution in [3.8, 4) is 17.2 Å². The highest BCUT2D eigenvalue weighted by Crippen LogP contribution is 2.42. The molecule has 0 radical (unpaired) electrons. The lowest BCUT2D eigenvalue weighted by Gasteiger charge is -2.15. The van der Waals surface area contributed by atoms with Gasteiger partial charge in [-0.05, 0) is 73.7 Å². The van der Waals surface area contributed by atoms with Crippen molar-refractivity contribution in [2.24, 2.45) is 5.92 Å². The molecule has 0 spiro atoms. The number of benzene rings is 3. The second-order valence-corrected chi connectivity index (χ2v) is 10.3. The monoisotopic (exact) mass is 471 g/mol. The first-order valence-corrected chi connectivity index (χ1v) is 12.6. The van der Waals surface area contributed by atoms with E-state index in [0.717, 1.165) is 34.5 Å². The van der Waals surface area contributed by atoms with E-state index in [-0.39, 0.29) is 11.5 Å². The lowest BCUT2D eigenvalue weighted by atomic mass is 10.0. The first-order chi connectivity index (χ1) is 16.5. The number of aryl methyl sites for hydroxylation is 1. The van der Waals surface area contributed by atoms with Crippen molar-refractivity contribution in [1.82, 2.24) is 4.90 Å². The fraction of sp³-hybridized carbons (Fsp3) is 0.276. The van der Waals surface area contributed by atoms with E-state index in [9.17, 15) is 9.90 Å². The maximum Gasteiger partial charge on any atom is 0.207 e. The maximum absolute atomic E-state index is 13.5. The summed E-state index contributed by atoms with van der Waals surface area (Å²) in [6.45, 7) is 7.73. The number of likely N-dealkylation sites (tertiary alicyclic amines) is 1. The zero-order chi connectivity index (χ0) is 23.7. The van der Waals surface area contributed by atoms with Gasteiger partial charge in [-0.3, -0.25) is 4.79 Å². The van der Waals surface area contributed by atoms with Crippen LogP contribution in [0.4, 0.5) is 0 Å². The molecule has 0 aliphatic carbocycles. The lowest BCUT2D eigenvalue weighted by molar-refractivity contribution is 0.104. The summed E-state index contributed by atoms with van der Waals surface area (Å²) >= 11 is 1.35. The number of ketones is 1. The molecular formula is C29H29NO3S. The number of hydrogen-bond acceptors (Lipinski definition) is 5. The first-order valence-electron chi connectivity index (χ1n) is 11.8. The molecule has 2 heterocycles. The molecular weight excluding hydrogens is 442 g/mol. The molecule has 3 aromatic carbocycles. The molecule has 174 valence electrons. The summed E-state index contributed by atoms with van der Waals surface area (Å²) in [6.07, 6.45) is 2.31. The molecule has 1 saturated heterocycles. The van der Waals surface area contributed by atoms with Crippen molar-refractivity contribution >= 4 is 27.2 Å². The van der Waals surface area contributed by atoms with Crippen molar-refractivity contribution in [3.05, 3.63) is 88.3 Å². The molecule has 0 saturated carbocycles. The van der Waals surface area contributed by atoms with E-state index in [2.05, 4.69) is 24.0 Å². The van der Waals surface area contributed by atoms with Gasteiger partial charge in [0.25, 0.3) is 0 Å². The van der Waals surface area contributed by atoms with Gasteiger partial charge in [0, 0.05) is 28.7 Å². The Morgan fingerprint density at radius 2 is 1.91 bits per heavy atom. The summed E-state index contributed by atoms with van der Waals surface area (Å²) in [7, 11) is 0. The average Bonchev–Trinajstić information content (AvgIpc) is 3.41. The Morgan fingerprint density at radius 1 is 1.12 bits per heavy atom.